The van der Waals surface area contributed by atoms with E-state index in [0.717, 1.165) is 12.8 Å². The molecule has 0 aliphatic carbocycles. The van der Waals surface area contributed by atoms with Gasteiger partial charge in [-0.3, -0.25) is 4.57 Å². The zero-order valence-corrected chi connectivity index (χ0v) is 12.1. The Balaban J connectivity index is 1.64. The summed E-state index contributed by atoms with van der Waals surface area (Å²) in [6.45, 7) is 2.18. The molecule has 22 heavy (non-hydrogen) atoms. The van der Waals surface area contributed by atoms with Gasteiger partial charge in [-0.25, -0.2) is 19.7 Å². The molecule has 3 heterocycles. The van der Waals surface area contributed by atoms with E-state index in [2.05, 4.69) is 15.0 Å². The minimum absolute atomic E-state index is 0.166. The zero-order valence-electron chi connectivity index (χ0n) is 12.1. The first kappa shape index (κ1) is 14.5. The summed E-state index contributed by atoms with van der Waals surface area (Å²) in [5.41, 5.74) is 6.95. The van der Waals surface area contributed by atoms with E-state index in [0.29, 0.717) is 17.0 Å². The van der Waals surface area contributed by atoms with Crippen LogP contribution in [0.2, 0.25) is 0 Å². The lowest BCUT2D eigenvalue weighted by Gasteiger charge is -2.15. The molecule has 9 heteroatoms. The minimum atomic E-state index is -0.678. The van der Waals surface area contributed by atoms with Gasteiger partial charge >= 0.3 is 6.16 Å². The molecule has 2 atom stereocenters. The lowest BCUT2D eigenvalue weighted by Crippen LogP contribution is -2.20. The van der Waals surface area contributed by atoms with Gasteiger partial charge in [-0.2, -0.15) is 0 Å². The lowest BCUT2D eigenvalue weighted by molar-refractivity contribution is -0.0364. The smallest absolute Gasteiger partial charge is 0.435 e. The maximum absolute atomic E-state index is 11.2. The van der Waals surface area contributed by atoms with Crippen molar-refractivity contribution in [2.75, 3.05) is 18.9 Å². The summed E-state index contributed by atoms with van der Waals surface area (Å²) in [6.07, 6.45) is 3.50. The van der Waals surface area contributed by atoms with Crippen LogP contribution < -0.4 is 5.73 Å². The fourth-order valence-corrected chi connectivity index (χ4v) is 2.42. The summed E-state index contributed by atoms with van der Waals surface area (Å²) in [5.74, 6) is 0.337. The van der Waals surface area contributed by atoms with E-state index in [-0.39, 0.29) is 25.5 Å². The standard InChI is InChI=1S/C13H17N5O4/c1-2-20-13(19)21-5-8-3-4-9(22-8)18-7-17-10-11(14)15-6-16-12(10)18/h6-9H,2-5H2,1H3,(H2,14,15,16)/t8-,9+/m0/s1. The lowest BCUT2D eigenvalue weighted by atomic mass is 10.2. The molecule has 1 aliphatic heterocycles. The Morgan fingerprint density at radius 1 is 1.41 bits per heavy atom. The SMILES string of the molecule is CCOC(=O)OC[C@@H]1CC[C@H](n2cnc3c(N)ncnc32)O1. The molecule has 1 saturated heterocycles. The van der Waals surface area contributed by atoms with E-state index in [4.69, 9.17) is 19.9 Å². The highest BCUT2D eigenvalue weighted by atomic mass is 16.7. The second-order valence-corrected chi connectivity index (χ2v) is 4.87. The van der Waals surface area contributed by atoms with Crippen LogP contribution in [0.15, 0.2) is 12.7 Å². The summed E-state index contributed by atoms with van der Waals surface area (Å²) in [7, 11) is 0. The Morgan fingerprint density at radius 2 is 2.27 bits per heavy atom. The Labute approximate surface area is 126 Å². The number of hydrogen-bond acceptors (Lipinski definition) is 8. The fourth-order valence-electron chi connectivity index (χ4n) is 2.42. The number of nitrogens with two attached hydrogens (primary N) is 1. The molecule has 0 saturated carbocycles. The van der Waals surface area contributed by atoms with Crippen LogP contribution in [0.4, 0.5) is 10.6 Å². The molecular weight excluding hydrogens is 290 g/mol. The fraction of sp³-hybridized carbons (Fsp3) is 0.538. The van der Waals surface area contributed by atoms with E-state index in [1.54, 1.807) is 13.3 Å². The van der Waals surface area contributed by atoms with Crippen LogP contribution in [-0.4, -0.2) is 45.0 Å². The first-order valence-corrected chi connectivity index (χ1v) is 7.07. The van der Waals surface area contributed by atoms with Gasteiger partial charge < -0.3 is 19.9 Å². The molecule has 0 spiro atoms. The number of fused-ring (bicyclic) bond motifs is 1. The number of carbonyl (C=O) groups is 1. The molecule has 9 nitrogen and oxygen atoms in total. The van der Waals surface area contributed by atoms with Crippen molar-refractivity contribution >= 4 is 23.1 Å². The first-order valence-electron chi connectivity index (χ1n) is 7.07. The molecule has 118 valence electrons. The topological polar surface area (TPSA) is 114 Å². The Bertz CT molecular complexity index is 673. The van der Waals surface area contributed by atoms with Crippen molar-refractivity contribution in [2.45, 2.75) is 32.1 Å². The predicted molar refractivity (Wildman–Crippen MR) is 75.9 cm³/mol. The van der Waals surface area contributed by atoms with Gasteiger partial charge in [0.05, 0.1) is 19.0 Å². The number of imidazole rings is 1. The summed E-state index contributed by atoms with van der Waals surface area (Å²) in [5, 5.41) is 0. The molecule has 0 unspecified atom stereocenters. The van der Waals surface area contributed by atoms with E-state index in [9.17, 15) is 4.79 Å². The van der Waals surface area contributed by atoms with Crippen LogP contribution in [0.1, 0.15) is 26.0 Å². The summed E-state index contributed by atoms with van der Waals surface area (Å²) in [6, 6.07) is 0. The summed E-state index contributed by atoms with van der Waals surface area (Å²) >= 11 is 0. The van der Waals surface area contributed by atoms with Gasteiger partial charge in [-0.05, 0) is 19.8 Å². The number of ether oxygens (including phenoxy) is 3. The highest BCUT2D eigenvalue weighted by molar-refractivity contribution is 5.81. The summed E-state index contributed by atoms with van der Waals surface area (Å²) in [4.78, 5) is 23.5. The third-order valence-electron chi connectivity index (χ3n) is 3.43. The van der Waals surface area contributed by atoms with Gasteiger partial charge in [-0.1, -0.05) is 0 Å². The van der Waals surface area contributed by atoms with Gasteiger partial charge in [-0.15, -0.1) is 0 Å². The molecule has 2 N–H and O–H groups in total. The second kappa shape index (κ2) is 6.14. The monoisotopic (exact) mass is 307 g/mol. The van der Waals surface area contributed by atoms with Gasteiger partial charge in [0, 0.05) is 0 Å². The van der Waals surface area contributed by atoms with Crippen molar-refractivity contribution < 1.29 is 19.0 Å². The van der Waals surface area contributed by atoms with E-state index in [1.807, 2.05) is 4.57 Å². The van der Waals surface area contributed by atoms with Gasteiger partial charge in [0.1, 0.15) is 24.7 Å². The number of aromatic nitrogens is 4. The first-order chi connectivity index (χ1) is 10.7. The van der Waals surface area contributed by atoms with Crippen molar-refractivity contribution in [3.05, 3.63) is 12.7 Å². The quantitative estimate of drug-likeness (QED) is 0.839. The molecule has 2 aromatic rings. The third-order valence-corrected chi connectivity index (χ3v) is 3.43. The number of nitrogen functional groups attached to an aromatic ring is 1. The molecule has 0 radical (unpaired) electrons. The maximum Gasteiger partial charge on any atom is 0.508 e. The number of nitrogens with zero attached hydrogens (tertiary/aromatic N) is 4. The number of carbonyl (C=O) groups excluding carboxylic acids is 1. The molecule has 2 aromatic heterocycles. The average Bonchev–Trinajstić information content (AvgIpc) is 3.12. The molecular formula is C13H17N5O4. The number of rotatable bonds is 4. The van der Waals surface area contributed by atoms with Crippen molar-refractivity contribution in [2.24, 2.45) is 0 Å². The van der Waals surface area contributed by atoms with E-state index in [1.165, 1.54) is 6.33 Å². The van der Waals surface area contributed by atoms with E-state index >= 15 is 0 Å². The molecule has 3 rings (SSSR count). The van der Waals surface area contributed by atoms with Crippen molar-refractivity contribution in [3.8, 4) is 0 Å². The highest BCUT2D eigenvalue weighted by Crippen LogP contribution is 2.31. The van der Waals surface area contributed by atoms with Crippen LogP contribution >= 0.6 is 0 Å². The molecule has 0 amide bonds. The molecule has 1 fully saturated rings. The van der Waals surface area contributed by atoms with Crippen LogP contribution in [0, 0.1) is 0 Å². The Hall–Kier alpha value is -2.42. The number of anilines is 1. The van der Waals surface area contributed by atoms with Crippen LogP contribution in [0.5, 0.6) is 0 Å². The Kier molecular flexibility index (Phi) is 4.05. The van der Waals surface area contributed by atoms with Crippen molar-refractivity contribution in [1.82, 2.24) is 19.5 Å². The van der Waals surface area contributed by atoms with Gasteiger partial charge in [0.2, 0.25) is 0 Å². The van der Waals surface area contributed by atoms with Crippen LogP contribution in [0.3, 0.4) is 0 Å². The zero-order chi connectivity index (χ0) is 15.5. The van der Waals surface area contributed by atoms with Gasteiger partial charge in [0.25, 0.3) is 0 Å². The van der Waals surface area contributed by atoms with Gasteiger partial charge in [0.15, 0.2) is 11.5 Å². The van der Waals surface area contributed by atoms with Crippen molar-refractivity contribution in [1.29, 1.82) is 0 Å². The minimum Gasteiger partial charge on any atom is -0.435 e. The van der Waals surface area contributed by atoms with Crippen LogP contribution in [0.25, 0.3) is 11.2 Å². The molecule has 0 bridgehead atoms. The summed E-state index contributed by atoms with van der Waals surface area (Å²) < 4.78 is 17.4. The Morgan fingerprint density at radius 3 is 3.09 bits per heavy atom. The normalized spacial score (nSPS) is 21.1. The maximum atomic E-state index is 11.2. The predicted octanol–water partition coefficient (Wildman–Crippen LogP) is 1.26. The second-order valence-electron chi connectivity index (χ2n) is 4.87. The number of hydrogen-bond donors (Lipinski definition) is 1. The van der Waals surface area contributed by atoms with Crippen LogP contribution in [-0.2, 0) is 14.2 Å². The van der Waals surface area contributed by atoms with Crippen molar-refractivity contribution in [3.63, 3.8) is 0 Å². The molecule has 1 aliphatic rings. The highest BCUT2D eigenvalue weighted by Gasteiger charge is 2.29. The largest absolute Gasteiger partial charge is 0.508 e. The average molecular weight is 307 g/mol. The third kappa shape index (κ3) is 2.80. The molecule has 0 aromatic carbocycles. The van der Waals surface area contributed by atoms with E-state index < -0.39 is 6.16 Å².